The Morgan fingerprint density at radius 3 is 2.40 bits per heavy atom. The van der Waals surface area contributed by atoms with Crippen molar-refractivity contribution in [3.8, 4) is 11.4 Å². The van der Waals surface area contributed by atoms with E-state index >= 15 is 0 Å². The average molecular weight is 450 g/mol. The third-order valence-corrected chi connectivity index (χ3v) is 4.77. The van der Waals surface area contributed by atoms with E-state index in [-0.39, 0.29) is 22.1 Å². The maximum absolute atomic E-state index is 12.8. The number of pyridine rings is 1. The Bertz CT molecular complexity index is 1070. The average Bonchev–Trinajstić information content (AvgIpc) is 3.28. The molecule has 14 heteroatoms. The number of carbonyl (C=O) groups is 1. The lowest BCUT2D eigenvalue weighted by Gasteiger charge is -2.10. The molecule has 0 saturated heterocycles. The number of hydrogen-bond acceptors (Lipinski definition) is 6. The first-order valence-electron chi connectivity index (χ1n) is 8.15. The minimum absolute atomic E-state index is 0.00360. The summed E-state index contributed by atoms with van der Waals surface area (Å²) in [4.78, 5) is 19.7. The molecule has 1 atom stereocenters. The molecule has 0 bridgehead atoms. The van der Waals surface area contributed by atoms with Crippen molar-refractivity contribution in [1.82, 2.24) is 29.4 Å². The van der Waals surface area contributed by atoms with Crippen LogP contribution in [0, 0.1) is 0 Å². The lowest BCUT2D eigenvalue weighted by molar-refractivity contribution is -0.142. The first kappa shape index (κ1) is 21.7. The summed E-state index contributed by atoms with van der Waals surface area (Å²) in [6.45, 7) is 1.51. The predicted octanol–water partition coefficient (Wildman–Crippen LogP) is 3.86. The summed E-state index contributed by atoms with van der Waals surface area (Å²) in [5, 5.41) is 5.98. The highest BCUT2D eigenvalue weighted by molar-refractivity contribution is 7.05. The quantitative estimate of drug-likeness (QED) is 0.611. The second kappa shape index (κ2) is 7.66. The lowest BCUT2D eigenvalue weighted by Crippen LogP contribution is -2.28. The Morgan fingerprint density at radius 1 is 1.13 bits per heavy atom. The minimum Gasteiger partial charge on any atom is -0.342 e. The molecule has 0 aliphatic rings. The van der Waals surface area contributed by atoms with Gasteiger partial charge in [-0.15, -0.1) is 0 Å². The molecule has 1 unspecified atom stereocenters. The molecule has 3 aromatic rings. The highest BCUT2D eigenvalue weighted by Gasteiger charge is 2.36. The van der Waals surface area contributed by atoms with E-state index < -0.39 is 35.7 Å². The zero-order valence-electron chi connectivity index (χ0n) is 15.2. The van der Waals surface area contributed by atoms with Gasteiger partial charge in [-0.3, -0.25) is 14.5 Å². The first-order chi connectivity index (χ1) is 13.9. The van der Waals surface area contributed by atoms with Gasteiger partial charge in [0, 0.05) is 24.9 Å². The van der Waals surface area contributed by atoms with Gasteiger partial charge in [-0.2, -0.15) is 35.8 Å². The van der Waals surface area contributed by atoms with Crippen molar-refractivity contribution < 1.29 is 31.1 Å². The summed E-state index contributed by atoms with van der Waals surface area (Å²) in [5.74, 6) is -0.822. The van der Waals surface area contributed by atoms with E-state index in [1.807, 2.05) is 0 Å². The number of rotatable bonds is 4. The molecule has 0 aromatic carbocycles. The summed E-state index contributed by atoms with van der Waals surface area (Å²) >= 11 is 0.837. The van der Waals surface area contributed by atoms with E-state index in [0.717, 1.165) is 28.5 Å². The van der Waals surface area contributed by atoms with E-state index in [4.69, 9.17) is 0 Å². The Hall–Kier alpha value is -3.03. The Labute approximate surface area is 168 Å². The van der Waals surface area contributed by atoms with Crippen LogP contribution in [0.25, 0.3) is 11.4 Å². The maximum Gasteiger partial charge on any atom is 0.435 e. The summed E-state index contributed by atoms with van der Waals surface area (Å²) in [7, 11) is 1.19. The molecule has 0 aliphatic carbocycles. The number of carbonyl (C=O) groups excluding carboxylic acids is 1. The van der Waals surface area contributed by atoms with Crippen molar-refractivity contribution >= 4 is 17.4 Å². The van der Waals surface area contributed by atoms with E-state index in [1.54, 1.807) is 0 Å². The predicted molar refractivity (Wildman–Crippen MR) is 92.2 cm³/mol. The minimum atomic E-state index is -4.70. The van der Waals surface area contributed by atoms with Crippen LogP contribution in [0.5, 0.6) is 0 Å². The molecule has 0 radical (unpaired) electrons. The van der Waals surface area contributed by atoms with E-state index in [2.05, 4.69) is 24.8 Å². The molecule has 1 N–H and O–H groups in total. The SMILES string of the molecule is CC(NC(=O)c1cc(C(F)(F)F)nn1C)c1nc(-c2ccnc(C(F)(F)F)c2)ns1. The number of nitrogens with zero attached hydrogens (tertiary/aromatic N) is 5. The molecule has 3 rings (SSSR count). The van der Waals surface area contributed by atoms with Crippen LogP contribution in [0.15, 0.2) is 24.4 Å². The second-order valence-electron chi connectivity index (χ2n) is 6.12. The van der Waals surface area contributed by atoms with Crippen molar-refractivity contribution in [3.63, 3.8) is 0 Å². The molecule has 3 heterocycles. The van der Waals surface area contributed by atoms with E-state index in [9.17, 15) is 31.1 Å². The van der Waals surface area contributed by atoms with Crippen molar-refractivity contribution in [2.75, 3.05) is 0 Å². The maximum atomic E-state index is 12.8. The van der Waals surface area contributed by atoms with Crippen LogP contribution in [0.3, 0.4) is 0 Å². The van der Waals surface area contributed by atoms with Gasteiger partial charge in [0.05, 0.1) is 6.04 Å². The summed E-state index contributed by atoms with van der Waals surface area (Å²) in [5.41, 5.74) is -2.55. The molecule has 0 aliphatic heterocycles. The fourth-order valence-corrected chi connectivity index (χ4v) is 3.07. The molecule has 0 saturated carbocycles. The van der Waals surface area contributed by atoms with Gasteiger partial charge in [-0.05, 0) is 30.6 Å². The highest BCUT2D eigenvalue weighted by Crippen LogP contribution is 2.31. The number of aryl methyl sites for hydroxylation is 1. The number of nitrogens with one attached hydrogen (secondary N) is 1. The van der Waals surface area contributed by atoms with E-state index in [1.165, 1.54) is 20.0 Å². The van der Waals surface area contributed by atoms with Gasteiger partial charge in [0.1, 0.15) is 16.4 Å². The van der Waals surface area contributed by atoms with Gasteiger partial charge in [0.2, 0.25) is 0 Å². The molecule has 0 spiro atoms. The monoisotopic (exact) mass is 450 g/mol. The Balaban J connectivity index is 1.77. The van der Waals surface area contributed by atoms with Crippen molar-refractivity contribution in [2.24, 2.45) is 7.05 Å². The molecule has 30 heavy (non-hydrogen) atoms. The van der Waals surface area contributed by atoms with Crippen LogP contribution in [-0.2, 0) is 19.4 Å². The molecule has 7 nitrogen and oxygen atoms in total. The van der Waals surface area contributed by atoms with E-state index in [0.29, 0.717) is 6.07 Å². The van der Waals surface area contributed by atoms with Crippen molar-refractivity contribution in [3.05, 3.63) is 46.5 Å². The first-order valence-corrected chi connectivity index (χ1v) is 8.93. The summed E-state index contributed by atoms with van der Waals surface area (Å²) < 4.78 is 81.4. The zero-order chi connectivity index (χ0) is 22.3. The van der Waals surface area contributed by atoms with Crippen LogP contribution >= 0.6 is 11.5 Å². The number of aromatic nitrogens is 5. The number of amides is 1. The van der Waals surface area contributed by atoms with Crippen molar-refractivity contribution in [1.29, 1.82) is 0 Å². The highest BCUT2D eigenvalue weighted by atomic mass is 32.1. The summed E-state index contributed by atoms with van der Waals surface area (Å²) in [6.07, 6.45) is -8.35. The molecule has 3 aromatic heterocycles. The van der Waals surface area contributed by atoms with Gasteiger partial charge in [0.15, 0.2) is 11.5 Å². The molecular weight excluding hydrogens is 438 g/mol. The third kappa shape index (κ3) is 4.58. The van der Waals surface area contributed by atoms with Crippen LogP contribution < -0.4 is 5.32 Å². The molecular formula is C16H12F6N6OS. The Morgan fingerprint density at radius 2 is 1.80 bits per heavy atom. The normalized spacial score (nSPS) is 13.3. The fourth-order valence-electron chi connectivity index (χ4n) is 2.40. The van der Waals surface area contributed by atoms with Gasteiger partial charge >= 0.3 is 12.4 Å². The fraction of sp³-hybridized carbons (Fsp3) is 0.312. The van der Waals surface area contributed by atoms with Gasteiger partial charge in [-0.1, -0.05) is 0 Å². The van der Waals surface area contributed by atoms with Gasteiger partial charge < -0.3 is 5.32 Å². The number of halogens is 6. The standard InChI is InChI=1S/C16H12F6N6OS/c1-7(24-13(29)9-6-11(16(20,21)22)26-28(9)2)14-25-12(27-30-14)8-3-4-23-10(5-8)15(17,18)19/h3-7H,1-2H3,(H,24,29). The largest absolute Gasteiger partial charge is 0.435 e. The molecule has 1 amide bonds. The van der Waals surface area contributed by atoms with Crippen LogP contribution in [-0.4, -0.2) is 30.0 Å². The zero-order valence-corrected chi connectivity index (χ0v) is 16.0. The van der Waals surface area contributed by atoms with Crippen molar-refractivity contribution in [2.45, 2.75) is 25.3 Å². The van der Waals surface area contributed by atoms with Crippen LogP contribution in [0.1, 0.15) is 39.8 Å². The summed E-state index contributed by atoms with van der Waals surface area (Å²) in [6, 6.07) is 1.95. The molecule has 160 valence electrons. The second-order valence-corrected chi connectivity index (χ2v) is 6.90. The van der Waals surface area contributed by atoms with Gasteiger partial charge in [0.25, 0.3) is 5.91 Å². The topological polar surface area (TPSA) is 85.6 Å². The molecule has 0 fully saturated rings. The van der Waals surface area contributed by atoms with Crippen LogP contribution in [0.2, 0.25) is 0 Å². The Kier molecular flexibility index (Phi) is 5.54. The smallest absolute Gasteiger partial charge is 0.342 e. The number of alkyl halides is 6. The number of hydrogen-bond donors (Lipinski definition) is 1. The van der Waals surface area contributed by atoms with Gasteiger partial charge in [-0.25, -0.2) is 4.98 Å². The lowest BCUT2D eigenvalue weighted by atomic mass is 10.2. The third-order valence-electron chi connectivity index (χ3n) is 3.87. The van der Waals surface area contributed by atoms with Crippen LogP contribution in [0.4, 0.5) is 26.3 Å².